The van der Waals surface area contributed by atoms with Crippen LogP contribution in [0.3, 0.4) is 0 Å². The second-order valence-corrected chi connectivity index (χ2v) is 8.43. The topological polar surface area (TPSA) is 57.6 Å². The van der Waals surface area contributed by atoms with Crippen LogP contribution in [-0.2, 0) is 0 Å². The molecule has 1 saturated heterocycles. The molecule has 4 aromatic carbocycles. The van der Waals surface area contributed by atoms with E-state index in [9.17, 15) is 14.7 Å². The second-order valence-electron chi connectivity index (χ2n) is 8.43. The fourth-order valence-corrected chi connectivity index (χ4v) is 4.88. The minimum absolute atomic E-state index is 0.0167. The van der Waals surface area contributed by atoms with Gasteiger partial charge in [-0.2, -0.15) is 0 Å². The Bertz CT molecular complexity index is 1330. The number of fused-ring (bicyclic) bond motifs is 2. The first-order chi connectivity index (χ1) is 15.6. The van der Waals surface area contributed by atoms with Gasteiger partial charge in [-0.3, -0.25) is 4.79 Å². The molecule has 160 valence electrons. The second kappa shape index (κ2) is 8.46. The van der Waals surface area contributed by atoms with Crippen molar-refractivity contribution in [3.05, 3.63) is 83.9 Å². The zero-order valence-corrected chi connectivity index (χ0v) is 17.9. The van der Waals surface area contributed by atoms with Gasteiger partial charge in [-0.05, 0) is 46.5 Å². The number of amides is 1. The predicted molar refractivity (Wildman–Crippen MR) is 128 cm³/mol. The maximum atomic E-state index is 13.8. The van der Waals surface area contributed by atoms with Crippen LogP contribution in [0.2, 0.25) is 0 Å². The molecule has 4 aromatic rings. The number of carbonyl (C=O) groups is 2. The summed E-state index contributed by atoms with van der Waals surface area (Å²) in [4.78, 5) is 28.0. The molecule has 0 bridgehead atoms. The summed E-state index contributed by atoms with van der Waals surface area (Å²) in [5.41, 5.74) is 2.12. The molecular weight excluding hydrogens is 398 g/mol. The molecule has 0 radical (unpaired) electrons. The van der Waals surface area contributed by atoms with Crippen molar-refractivity contribution in [1.82, 2.24) is 4.90 Å². The normalized spacial score (nSPS) is 14.4. The van der Waals surface area contributed by atoms with Crippen molar-refractivity contribution in [3.63, 3.8) is 0 Å². The molecule has 0 atom stereocenters. The van der Waals surface area contributed by atoms with Crippen molar-refractivity contribution >= 4 is 33.4 Å². The number of rotatable bonds is 3. The van der Waals surface area contributed by atoms with Gasteiger partial charge in [0.15, 0.2) is 0 Å². The number of benzene rings is 4. The maximum Gasteiger partial charge on any atom is 0.336 e. The lowest BCUT2D eigenvalue weighted by molar-refractivity contribution is 0.0696. The van der Waals surface area contributed by atoms with Gasteiger partial charge in [0.05, 0.1) is 5.56 Å². The third kappa shape index (κ3) is 3.52. The van der Waals surface area contributed by atoms with Gasteiger partial charge in [0.2, 0.25) is 0 Å². The number of likely N-dealkylation sites (tertiary alicyclic amines) is 1. The Morgan fingerprint density at radius 2 is 1.12 bits per heavy atom. The maximum absolute atomic E-state index is 13.8. The molecular formula is C28H25NO3. The third-order valence-corrected chi connectivity index (χ3v) is 6.46. The average molecular weight is 424 g/mol. The first-order valence-corrected chi connectivity index (χ1v) is 11.2. The van der Waals surface area contributed by atoms with Gasteiger partial charge in [-0.25, -0.2) is 4.79 Å². The van der Waals surface area contributed by atoms with E-state index in [1.54, 1.807) is 6.07 Å². The van der Waals surface area contributed by atoms with Crippen LogP contribution in [-0.4, -0.2) is 35.0 Å². The van der Waals surface area contributed by atoms with Gasteiger partial charge in [0.1, 0.15) is 0 Å². The lowest BCUT2D eigenvalue weighted by Gasteiger charge is -2.24. The Morgan fingerprint density at radius 3 is 1.69 bits per heavy atom. The van der Waals surface area contributed by atoms with Crippen molar-refractivity contribution in [2.24, 2.45) is 0 Å². The van der Waals surface area contributed by atoms with Crippen LogP contribution < -0.4 is 0 Å². The summed E-state index contributed by atoms with van der Waals surface area (Å²) in [5, 5.41) is 13.8. The molecule has 1 N–H and O–H groups in total. The predicted octanol–water partition coefficient (Wildman–Crippen LogP) is 6.37. The largest absolute Gasteiger partial charge is 0.478 e. The van der Waals surface area contributed by atoms with Crippen molar-refractivity contribution < 1.29 is 14.7 Å². The molecule has 0 aliphatic carbocycles. The van der Waals surface area contributed by atoms with Gasteiger partial charge in [0, 0.05) is 29.8 Å². The van der Waals surface area contributed by atoms with Gasteiger partial charge in [0.25, 0.3) is 5.91 Å². The van der Waals surface area contributed by atoms with Gasteiger partial charge < -0.3 is 10.0 Å². The van der Waals surface area contributed by atoms with E-state index < -0.39 is 5.97 Å². The molecule has 0 saturated carbocycles. The Hall–Kier alpha value is -3.66. The van der Waals surface area contributed by atoms with Crippen LogP contribution in [0.15, 0.2) is 72.8 Å². The molecule has 4 heteroatoms. The van der Waals surface area contributed by atoms with Crippen LogP contribution in [0.5, 0.6) is 0 Å². The molecule has 32 heavy (non-hydrogen) atoms. The summed E-state index contributed by atoms with van der Waals surface area (Å²) in [6, 6.07) is 23.0. The van der Waals surface area contributed by atoms with Gasteiger partial charge in [-0.15, -0.1) is 0 Å². The Labute approximate surface area is 187 Å². The summed E-state index contributed by atoms with van der Waals surface area (Å²) < 4.78 is 0. The minimum atomic E-state index is -0.994. The first-order valence-electron chi connectivity index (χ1n) is 11.2. The highest BCUT2D eigenvalue weighted by Crippen LogP contribution is 2.39. The molecule has 1 fully saturated rings. The fourth-order valence-electron chi connectivity index (χ4n) is 4.88. The Morgan fingerprint density at radius 1 is 0.625 bits per heavy atom. The average Bonchev–Trinajstić information content (AvgIpc) is 3.12. The third-order valence-electron chi connectivity index (χ3n) is 6.46. The molecule has 0 aromatic heterocycles. The fraction of sp³-hybridized carbons (Fsp3) is 0.214. The molecule has 0 unspecified atom stereocenters. The van der Waals surface area contributed by atoms with Crippen LogP contribution in [0.4, 0.5) is 0 Å². The standard InChI is InChI=1S/C28H25NO3/c30-27(29-17-7-1-2-8-18-29)23-15-13-19-9-3-5-11-21(19)25(23)26-22-12-6-4-10-20(22)14-16-24(26)28(31)32/h3-6,9-16H,1-2,7-8,17-18H2,(H,31,32). The highest BCUT2D eigenvalue weighted by Gasteiger charge is 2.25. The van der Waals surface area contributed by atoms with E-state index in [1.165, 1.54) is 0 Å². The molecule has 5 rings (SSSR count). The number of hydrogen-bond donors (Lipinski definition) is 1. The smallest absolute Gasteiger partial charge is 0.336 e. The first kappa shape index (κ1) is 20.3. The molecule has 0 spiro atoms. The van der Waals surface area contributed by atoms with Crippen molar-refractivity contribution in [1.29, 1.82) is 0 Å². The van der Waals surface area contributed by atoms with E-state index in [2.05, 4.69) is 0 Å². The SMILES string of the molecule is O=C(O)c1ccc2ccccc2c1-c1c(C(=O)N2CCCCCC2)ccc2ccccc12. The number of aromatic carboxylic acids is 1. The van der Waals surface area contributed by atoms with Crippen LogP contribution in [0.25, 0.3) is 32.7 Å². The van der Waals surface area contributed by atoms with E-state index >= 15 is 0 Å². The van der Waals surface area contributed by atoms with Crippen molar-refractivity contribution in [2.75, 3.05) is 13.1 Å². The van der Waals surface area contributed by atoms with E-state index in [1.807, 2.05) is 71.6 Å². The summed E-state index contributed by atoms with van der Waals surface area (Å²) in [5.74, 6) is -1.01. The molecule has 1 amide bonds. The molecule has 4 nitrogen and oxygen atoms in total. The molecule has 1 aliphatic heterocycles. The highest BCUT2D eigenvalue weighted by molar-refractivity contribution is 6.18. The molecule has 1 heterocycles. The summed E-state index contributed by atoms with van der Waals surface area (Å²) in [6.45, 7) is 1.48. The lowest BCUT2D eigenvalue weighted by atomic mass is 9.86. The monoisotopic (exact) mass is 423 g/mol. The van der Waals surface area contributed by atoms with E-state index in [4.69, 9.17) is 0 Å². The Kier molecular flexibility index (Phi) is 5.36. The van der Waals surface area contributed by atoms with E-state index in [0.717, 1.165) is 60.3 Å². The van der Waals surface area contributed by atoms with Gasteiger partial charge in [-0.1, -0.05) is 73.5 Å². The number of carbonyl (C=O) groups excluding carboxylic acids is 1. The van der Waals surface area contributed by atoms with Crippen LogP contribution >= 0.6 is 0 Å². The molecule has 1 aliphatic rings. The van der Waals surface area contributed by atoms with Gasteiger partial charge >= 0.3 is 5.97 Å². The number of carboxylic acids is 1. The zero-order valence-electron chi connectivity index (χ0n) is 17.9. The zero-order chi connectivity index (χ0) is 22.1. The summed E-state index contributed by atoms with van der Waals surface area (Å²) in [6.07, 6.45) is 4.29. The minimum Gasteiger partial charge on any atom is -0.478 e. The van der Waals surface area contributed by atoms with Crippen molar-refractivity contribution in [2.45, 2.75) is 25.7 Å². The van der Waals surface area contributed by atoms with Crippen LogP contribution in [0, 0.1) is 0 Å². The number of nitrogens with zero attached hydrogens (tertiary/aromatic N) is 1. The summed E-state index contributed by atoms with van der Waals surface area (Å²) in [7, 11) is 0. The number of carboxylic acid groups (broad SMARTS) is 1. The van der Waals surface area contributed by atoms with E-state index in [0.29, 0.717) is 16.7 Å². The van der Waals surface area contributed by atoms with Crippen molar-refractivity contribution in [3.8, 4) is 11.1 Å². The number of hydrogen-bond acceptors (Lipinski definition) is 2. The Balaban J connectivity index is 1.84. The van der Waals surface area contributed by atoms with Crippen LogP contribution in [0.1, 0.15) is 46.4 Å². The highest BCUT2D eigenvalue weighted by atomic mass is 16.4. The lowest BCUT2D eigenvalue weighted by Crippen LogP contribution is -2.32. The summed E-state index contributed by atoms with van der Waals surface area (Å²) >= 11 is 0. The quantitative estimate of drug-likeness (QED) is 0.416. The van der Waals surface area contributed by atoms with E-state index in [-0.39, 0.29) is 11.5 Å².